The van der Waals surface area contributed by atoms with Crippen molar-refractivity contribution in [1.82, 2.24) is 29.1 Å². The summed E-state index contributed by atoms with van der Waals surface area (Å²) in [6, 6.07) is 16.3. The number of imidazole rings is 1. The van der Waals surface area contributed by atoms with Crippen LogP contribution in [0.2, 0.25) is 0 Å². The Kier molecular flexibility index (Phi) is 4.98. The maximum atomic E-state index is 5.64. The van der Waals surface area contributed by atoms with E-state index in [0.29, 0.717) is 11.7 Å². The molecule has 0 bridgehead atoms. The van der Waals surface area contributed by atoms with Gasteiger partial charge in [0.2, 0.25) is 5.95 Å². The standard InChI is InChI=1S/C26H25N7O/c1-17-15-32(16-27-17)22-13-12-19(14-23(22)34-2)28-25-30-26-29-21-11-7-6-10-20(21)24(33(26)31-25)18-8-4-3-5-9-18/h3-5,8-9,12-16H,6-7,10-11H2,1-2H3,(H,28,31). The van der Waals surface area contributed by atoms with Crippen molar-refractivity contribution in [3.05, 3.63) is 78.0 Å². The molecule has 0 fully saturated rings. The fourth-order valence-corrected chi connectivity index (χ4v) is 4.64. The summed E-state index contributed by atoms with van der Waals surface area (Å²) in [6.45, 7) is 1.96. The number of anilines is 2. The number of nitrogens with one attached hydrogen (secondary N) is 1. The van der Waals surface area contributed by atoms with Gasteiger partial charge in [0, 0.05) is 34.8 Å². The van der Waals surface area contributed by atoms with E-state index >= 15 is 0 Å². The molecular weight excluding hydrogens is 426 g/mol. The van der Waals surface area contributed by atoms with E-state index in [1.54, 1.807) is 13.4 Å². The molecule has 1 N–H and O–H groups in total. The second kappa shape index (κ2) is 8.30. The molecule has 0 aliphatic heterocycles. The first-order valence-electron chi connectivity index (χ1n) is 11.5. The number of rotatable bonds is 5. The van der Waals surface area contributed by atoms with Crippen molar-refractivity contribution >= 4 is 17.4 Å². The average Bonchev–Trinajstić information content (AvgIpc) is 3.48. The van der Waals surface area contributed by atoms with Crippen molar-refractivity contribution in [2.24, 2.45) is 0 Å². The Balaban J connectivity index is 1.41. The summed E-state index contributed by atoms with van der Waals surface area (Å²) in [4.78, 5) is 13.9. The molecule has 0 amide bonds. The number of benzene rings is 2. The summed E-state index contributed by atoms with van der Waals surface area (Å²) in [7, 11) is 1.66. The number of methoxy groups -OCH3 is 1. The molecule has 0 unspecified atom stereocenters. The van der Waals surface area contributed by atoms with Crippen molar-refractivity contribution in [2.75, 3.05) is 12.4 Å². The summed E-state index contributed by atoms with van der Waals surface area (Å²) < 4.78 is 9.47. The van der Waals surface area contributed by atoms with Crippen LogP contribution >= 0.6 is 0 Å². The lowest BCUT2D eigenvalue weighted by Gasteiger charge is -2.19. The maximum absolute atomic E-state index is 5.64. The van der Waals surface area contributed by atoms with Crippen molar-refractivity contribution in [3.63, 3.8) is 0 Å². The molecule has 0 spiro atoms. The van der Waals surface area contributed by atoms with Crippen LogP contribution in [-0.2, 0) is 12.8 Å². The Morgan fingerprint density at radius 3 is 2.65 bits per heavy atom. The minimum Gasteiger partial charge on any atom is -0.494 e. The minimum atomic E-state index is 0.500. The van der Waals surface area contributed by atoms with Crippen LogP contribution in [0.5, 0.6) is 5.75 Å². The van der Waals surface area contributed by atoms with E-state index in [2.05, 4.69) is 34.6 Å². The summed E-state index contributed by atoms with van der Waals surface area (Å²) in [5.74, 6) is 1.84. The van der Waals surface area contributed by atoms with E-state index in [-0.39, 0.29) is 0 Å². The second-order valence-corrected chi connectivity index (χ2v) is 8.54. The van der Waals surface area contributed by atoms with Gasteiger partial charge in [-0.15, -0.1) is 5.10 Å². The zero-order chi connectivity index (χ0) is 23.1. The van der Waals surface area contributed by atoms with E-state index in [4.69, 9.17) is 19.8 Å². The van der Waals surface area contributed by atoms with Gasteiger partial charge >= 0.3 is 0 Å². The Morgan fingerprint density at radius 1 is 1.00 bits per heavy atom. The van der Waals surface area contributed by atoms with Gasteiger partial charge in [0.05, 0.1) is 30.5 Å². The fourth-order valence-electron chi connectivity index (χ4n) is 4.64. The first-order chi connectivity index (χ1) is 16.7. The zero-order valence-electron chi connectivity index (χ0n) is 19.2. The van der Waals surface area contributed by atoms with E-state index in [0.717, 1.165) is 59.0 Å². The molecule has 5 aromatic rings. The fraction of sp³-hybridized carbons (Fsp3) is 0.231. The third kappa shape index (κ3) is 3.57. The van der Waals surface area contributed by atoms with E-state index in [1.165, 1.54) is 12.0 Å². The second-order valence-electron chi connectivity index (χ2n) is 8.54. The van der Waals surface area contributed by atoms with Gasteiger partial charge in [-0.3, -0.25) is 0 Å². The number of aromatic nitrogens is 6. The zero-order valence-corrected chi connectivity index (χ0v) is 19.2. The predicted molar refractivity (Wildman–Crippen MR) is 131 cm³/mol. The lowest BCUT2D eigenvalue weighted by atomic mass is 9.92. The number of hydrogen-bond acceptors (Lipinski definition) is 6. The van der Waals surface area contributed by atoms with Crippen LogP contribution in [0.3, 0.4) is 0 Å². The van der Waals surface area contributed by atoms with Gasteiger partial charge in [-0.1, -0.05) is 30.3 Å². The smallest absolute Gasteiger partial charge is 0.254 e. The summed E-state index contributed by atoms with van der Waals surface area (Å²) in [5, 5.41) is 8.14. The largest absolute Gasteiger partial charge is 0.494 e. The van der Waals surface area contributed by atoms with Crippen molar-refractivity contribution < 1.29 is 4.74 Å². The molecule has 3 aromatic heterocycles. The van der Waals surface area contributed by atoms with Gasteiger partial charge < -0.3 is 14.6 Å². The molecule has 1 aliphatic rings. The van der Waals surface area contributed by atoms with Crippen LogP contribution in [0.25, 0.3) is 22.7 Å². The highest BCUT2D eigenvalue weighted by molar-refractivity contribution is 5.68. The lowest BCUT2D eigenvalue weighted by molar-refractivity contribution is 0.413. The molecule has 8 nitrogen and oxygen atoms in total. The van der Waals surface area contributed by atoms with E-state index < -0.39 is 0 Å². The number of fused-ring (bicyclic) bond motifs is 2. The molecule has 0 atom stereocenters. The molecule has 0 saturated heterocycles. The average molecular weight is 452 g/mol. The van der Waals surface area contributed by atoms with Crippen LogP contribution in [0.4, 0.5) is 11.6 Å². The first-order valence-corrected chi connectivity index (χ1v) is 11.5. The lowest BCUT2D eigenvalue weighted by Crippen LogP contribution is -2.12. The van der Waals surface area contributed by atoms with Crippen LogP contribution in [0, 0.1) is 6.92 Å². The van der Waals surface area contributed by atoms with Crippen LogP contribution < -0.4 is 10.1 Å². The van der Waals surface area contributed by atoms with Crippen molar-refractivity contribution in [1.29, 1.82) is 0 Å². The predicted octanol–water partition coefficient (Wildman–Crippen LogP) is 4.92. The molecule has 0 saturated carbocycles. The van der Waals surface area contributed by atoms with E-state index in [9.17, 15) is 0 Å². The van der Waals surface area contributed by atoms with Crippen LogP contribution in [0.15, 0.2) is 61.1 Å². The van der Waals surface area contributed by atoms with Crippen molar-refractivity contribution in [3.8, 4) is 22.7 Å². The molecule has 3 heterocycles. The molecule has 0 radical (unpaired) electrons. The number of nitrogens with zero attached hydrogens (tertiary/aromatic N) is 6. The summed E-state index contributed by atoms with van der Waals surface area (Å²) in [6.07, 6.45) is 8.06. The highest BCUT2D eigenvalue weighted by atomic mass is 16.5. The molecule has 8 heteroatoms. The quantitative estimate of drug-likeness (QED) is 0.409. The minimum absolute atomic E-state index is 0.500. The van der Waals surface area contributed by atoms with Gasteiger partial charge in [-0.2, -0.15) is 9.50 Å². The van der Waals surface area contributed by atoms with Gasteiger partial charge in [-0.05, 0) is 44.7 Å². The first kappa shape index (κ1) is 20.4. The number of aryl methyl sites for hydroxylation is 2. The topological polar surface area (TPSA) is 82.2 Å². The van der Waals surface area contributed by atoms with Gasteiger partial charge in [-0.25, -0.2) is 9.97 Å². The van der Waals surface area contributed by atoms with E-state index in [1.807, 2.05) is 46.5 Å². The molecule has 170 valence electrons. The molecule has 6 rings (SSSR count). The molecular formula is C26H25N7O. The normalized spacial score (nSPS) is 13.1. The number of ether oxygens (including phenoxy) is 1. The van der Waals surface area contributed by atoms with Gasteiger partial charge in [0.15, 0.2) is 0 Å². The monoisotopic (exact) mass is 451 g/mol. The van der Waals surface area contributed by atoms with Crippen LogP contribution in [0.1, 0.15) is 29.8 Å². The van der Waals surface area contributed by atoms with Crippen molar-refractivity contribution in [2.45, 2.75) is 32.6 Å². The Hall–Kier alpha value is -4.20. The summed E-state index contributed by atoms with van der Waals surface area (Å²) >= 11 is 0. The maximum Gasteiger partial charge on any atom is 0.254 e. The molecule has 1 aliphatic carbocycles. The van der Waals surface area contributed by atoms with Gasteiger partial charge in [0.1, 0.15) is 5.75 Å². The summed E-state index contributed by atoms with van der Waals surface area (Å²) in [5.41, 5.74) is 7.33. The van der Waals surface area contributed by atoms with Gasteiger partial charge in [0.25, 0.3) is 5.78 Å². The molecule has 34 heavy (non-hydrogen) atoms. The highest BCUT2D eigenvalue weighted by Gasteiger charge is 2.22. The Bertz CT molecular complexity index is 1490. The highest BCUT2D eigenvalue weighted by Crippen LogP contribution is 2.32. The third-order valence-electron chi connectivity index (χ3n) is 6.23. The molecule has 2 aromatic carbocycles. The Labute approximate surface area is 197 Å². The third-order valence-corrected chi connectivity index (χ3v) is 6.23. The Morgan fingerprint density at radius 2 is 1.85 bits per heavy atom. The van der Waals surface area contributed by atoms with Crippen LogP contribution in [-0.4, -0.2) is 36.2 Å². The number of hydrogen-bond donors (Lipinski definition) is 1. The SMILES string of the molecule is COc1cc(Nc2nc3nc4c(c(-c5ccccc5)n3n2)CCCC4)ccc1-n1cnc(C)c1.